The van der Waals surface area contributed by atoms with E-state index in [4.69, 9.17) is 23.2 Å². The summed E-state index contributed by atoms with van der Waals surface area (Å²) in [6.07, 6.45) is 0. The van der Waals surface area contributed by atoms with Crippen LogP contribution >= 0.6 is 23.2 Å². The number of carbonyl (C=O) groups is 2. The number of nitrogens with zero attached hydrogens (tertiary/aromatic N) is 3. The summed E-state index contributed by atoms with van der Waals surface area (Å²) in [7, 11) is 3.18. The lowest BCUT2D eigenvalue weighted by Crippen LogP contribution is -2.36. The van der Waals surface area contributed by atoms with Crippen molar-refractivity contribution in [1.29, 1.82) is 0 Å². The molecule has 0 radical (unpaired) electrons. The topological polar surface area (TPSA) is 75.2 Å². The predicted molar refractivity (Wildman–Crippen MR) is 63.1 cm³/mol. The second kappa shape index (κ2) is 5.79. The van der Waals surface area contributed by atoms with Gasteiger partial charge in [-0.2, -0.15) is 0 Å². The number of aromatic nitrogens is 2. The summed E-state index contributed by atoms with van der Waals surface area (Å²) in [5.41, 5.74) is 0.0817. The lowest BCUT2D eigenvalue weighted by molar-refractivity contribution is -0.127. The standard InChI is InChI=1S/C9H10Cl2N4O2/c1-15(2)7(16)4-12-9(17)5-3-6(10)13-14-8(5)11/h3H,4H2,1-2H3,(H,12,17). The molecule has 0 aromatic carbocycles. The molecule has 8 heteroatoms. The Morgan fingerprint density at radius 1 is 1.35 bits per heavy atom. The van der Waals surface area contributed by atoms with Gasteiger partial charge < -0.3 is 10.2 Å². The first kappa shape index (κ1) is 13.7. The van der Waals surface area contributed by atoms with Gasteiger partial charge in [-0.3, -0.25) is 9.59 Å². The van der Waals surface area contributed by atoms with Crippen LogP contribution in [0.2, 0.25) is 10.3 Å². The minimum atomic E-state index is -0.526. The molecule has 0 spiro atoms. The SMILES string of the molecule is CN(C)C(=O)CNC(=O)c1cc(Cl)nnc1Cl. The molecule has 2 amide bonds. The third-order valence-electron chi connectivity index (χ3n) is 1.86. The predicted octanol–water partition coefficient (Wildman–Crippen LogP) is 0.601. The monoisotopic (exact) mass is 276 g/mol. The van der Waals surface area contributed by atoms with Crippen molar-refractivity contribution >= 4 is 35.0 Å². The van der Waals surface area contributed by atoms with Crippen LogP contribution in [-0.4, -0.2) is 47.6 Å². The maximum absolute atomic E-state index is 11.7. The summed E-state index contributed by atoms with van der Waals surface area (Å²) in [4.78, 5) is 24.3. The number of hydrogen-bond acceptors (Lipinski definition) is 4. The van der Waals surface area contributed by atoms with E-state index in [1.54, 1.807) is 14.1 Å². The summed E-state index contributed by atoms with van der Waals surface area (Å²) in [5.74, 6) is -0.760. The van der Waals surface area contributed by atoms with E-state index >= 15 is 0 Å². The van der Waals surface area contributed by atoms with Gasteiger partial charge in [-0.25, -0.2) is 0 Å². The molecule has 0 aliphatic heterocycles. The van der Waals surface area contributed by atoms with Crippen molar-refractivity contribution < 1.29 is 9.59 Å². The number of carbonyl (C=O) groups excluding carboxylic acids is 2. The van der Waals surface area contributed by atoms with Crippen LogP contribution in [0.3, 0.4) is 0 Å². The third-order valence-corrected chi connectivity index (χ3v) is 2.33. The van der Waals surface area contributed by atoms with Crippen LogP contribution in [0.5, 0.6) is 0 Å². The van der Waals surface area contributed by atoms with Crippen molar-refractivity contribution in [1.82, 2.24) is 20.4 Å². The fraction of sp³-hybridized carbons (Fsp3) is 0.333. The van der Waals surface area contributed by atoms with Gasteiger partial charge in [0.15, 0.2) is 10.3 Å². The van der Waals surface area contributed by atoms with Gasteiger partial charge in [-0.15, -0.1) is 10.2 Å². The van der Waals surface area contributed by atoms with Crippen LogP contribution in [0, 0.1) is 0 Å². The van der Waals surface area contributed by atoms with Crippen molar-refractivity contribution in [3.63, 3.8) is 0 Å². The molecular weight excluding hydrogens is 267 g/mol. The fourth-order valence-electron chi connectivity index (χ4n) is 0.922. The van der Waals surface area contributed by atoms with Crippen LogP contribution < -0.4 is 5.32 Å². The number of amides is 2. The van der Waals surface area contributed by atoms with E-state index < -0.39 is 5.91 Å². The molecule has 1 aromatic rings. The molecule has 1 aromatic heterocycles. The Morgan fingerprint density at radius 2 is 2.00 bits per heavy atom. The molecule has 0 unspecified atom stereocenters. The van der Waals surface area contributed by atoms with Crippen LogP contribution in [0.25, 0.3) is 0 Å². The number of rotatable bonds is 3. The van der Waals surface area contributed by atoms with Crippen molar-refractivity contribution in [2.75, 3.05) is 20.6 Å². The number of likely N-dealkylation sites (N-methyl/N-ethyl adjacent to an activating group) is 1. The largest absolute Gasteiger partial charge is 0.347 e. The lowest BCUT2D eigenvalue weighted by Gasteiger charge is -2.11. The Hall–Kier alpha value is -1.40. The zero-order valence-corrected chi connectivity index (χ0v) is 10.7. The first-order valence-electron chi connectivity index (χ1n) is 4.59. The molecule has 0 saturated heterocycles. The summed E-state index contributed by atoms with van der Waals surface area (Å²) < 4.78 is 0. The maximum atomic E-state index is 11.7. The highest BCUT2D eigenvalue weighted by Crippen LogP contribution is 2.14. The van der Waals surface area contributed by atoms with Crippen molar-refractivity contribution in [3.8, 4) is 0 Å². The van der Waals surface area contributed by atoms with Gasteiger partial charge in [0.05, 0.1) is 12.1 Å². The molecule has 1 heterocycles. The van der Waals surface area contributed by atoms with Gasteiger partial charge in [0.2, 0.25) is 5.91 Å². The Labute approximate surface area is 108 Å². The number of nitrogens with one attached hydrogen (secondary N) is 1. The van der Waals surface area contributed by atoms with Crippen molar-refractivity contribution in [2.24, 2.45) is 0 Å². The van der Waals surface area contributed by atoms with Gasteiger partial charge in [-0.1, -0.05) is 23.2 Å². The molecule has 0 aliphatic rings. The average molecular weight is 277 g/mol. The van der Waals surface area contributed by atoms with Crippen LogP contribution in [0.1, 0.15) is 10.4 Å². The van der Waals surface area contributed by atoms with Gasteiger partial charge in [0, 0.05) is 14.1 Å². The molecule has 0 fully saturated rings. The van der Waals surface area contributed by atoms with E-state index in [-0.39, 0.29) is 28.3 Å². The van der Waals surface area contributed by atoms with E-state index in [1.807, 2.05) is 0 Å². The van der Waals surface area contributed by atoms with E-state index in [0.717, 1.165) is 0 Å². The maximum Gasteiger partial charge on any atom is 0.255 e. The van der Waals surface area contributed by atoms with Crippen molar-refractivity contribution in [2.45, 2.75) is 0 Å². The zero-order chi connectivity index (χ0) is 13.0. The molecule has 0 atom stereocenters. The minimum Gasteiger partial charge on any atom is -0.347 e. The van der Waals surface area contributed by atoms with Crippen LogP contribution in [-0.2, 0) is 4.79 Å². The van der Waals surface area contributed by atoms with Gasteiger partial charge >= 0.3 is 0 Å². The molecule has 1 rings (SSSR count). The van der Waals surface area contributed by atoms with Gasteiger partial charge in [0.1, 0.15) is 0 Å². The fourth-order valence-corrected chi connectivity index (χ4v) is 1.25. The molecule has 0 saturated carbocycles. The molecule has 92 valence electrons. The Balaban J connectivity index is 2.70. The van der Waals surface area contributed by atoms with E-state index in [2.05, 4.69) is 15.5 Å². The first-order valence-corrected chi connectivity index (χ1v) is 5.34. The number of halogens is 2. The van der Waals surface area contributed by atoms with Crippen molar-refractivity contribution in [3.05, 3.63) is 21.9 Å². The van der Waals surface area contributed by atoms with E-state index in [1.165, 1.54) is 11.0 Å². The molecule has 6 nitrogen and oxygen atoms in total. The normalized spacial score (nSPS) is 9.88. The lowest BCUT2D eigenvalue weighted by atomic mass is 10.3. The quantitative estimate of drug-likeness (QED) is 0.878. The van der Waals surface area contributed by atoms with E-state index in [0.29, 0.717) is 0 Å². The molecule has 0 bridgehead atoms. The highest BCUT2D eigenvalue weighted by atomic mass is 35.5. The van der Waals surface area contributed by atoms with Crippen LogP contribution in [0.15, 0.2) is 6.07 Å². The average Bonchev–Trinajstić information content (AvgIpc) is 2.28. The third kappa shape index (κ3) is 3.83. The second-order valence-electron chi connectivity index (χ2n) is 3.34. The van der Waals surface area contributed by atoms with Gasteiger partial charge in [0.25, 0.3) is 5.91 Å². The summed E-state index contributed by atoms with van der Waals surface area (Å²) in [5, 5.41) is 9.36. The summed E-state index contributed by atoms with van der Waals surface area (Å²) in [6.45, 7) is -0.123. The summed E-state index contributed by atoms with van der Waals surface area (Å²) in [6, 6.07) is 1.28. The van der Waals surface area contributed by atoms with Gasteiger partial charge in [-0.05, 0) is 6.07 Å². The molecule has 17 heavy (non-hydrogen) atoms. The van der Waals surface area contributed by atoms with E-state index in [9.17, 15) is 9.59 Å². The Kier molecular flexibility index (Phi) is 4.65. The highest BCUT2D eigenvalue weighted by molar-refractivity contribution is 6.34. The summed E-state index contributed by atoms with van der Waals surface area (Å²) >= 11 is 11.3. The first-order chi connectivity index (χ1) is 7.91. The number of hydrogen-bond donors (Lipinski definition) is 1. The minimum absolute atomic E-state index is 0.0542. The molecular formula is C9H10Cl2N4O2. The van der Waals surface area contributed by atoms with Crippen LogP contribution in [0.4, 0.5) is 0 Å². The smallest absolute Gasteiger partial charge is 0.255 e. The Bertz CT molecular complexity index is 451. The molecule has 1 N–H and O–H groups in total. The second-order valence-corrected chi connectivity index (χ2v) is 4.09. The molecule has 0 aliphatic carbocycles. The highest BCUT2D eigenvalue weighted by Gasteiger charge is 2.14. The Morgan fingerprint density at radius 3 is 2.59 bits per heavy atom. The zero-order valence-electron chi connectivity index (χ0n) is 9.20.